The van der Waals surface area contributed by atoms with E-state index in [1.807, 2.05) is 13.8 Å². The van der Waals surface area contributed by atoms with Crippen LogP contribution in [-0.4, -0.2) is 18.5 Å². The van der Waals surface area contributed by atoms with E-state index in [1.165, 1.54) is 11.1 Å². The first kappa shape index (κ1) is 18.7. The Hall–Kier alpha value is -1.35. The average Bonchev–Trinajstić information content (AvgIpc) is 2.43. The smallest absolute Gasteiger partial charge is 0.277 e. The number of likely N-dealkylation sites (N-methyl/N-ethyl adjacent to an activating group) is 1. The van der Waals surface area contributed by atoms with Gasteiger partial charge in [0.1, 0.15) is 6.04 Å². The Morgan fingerprint density at radius 3 is 2.09 bits per heavy atom. The van der Waals surface area contributed by atoms with Crippen molar-refractivity contribution >= 4 is 5.91 Å². The van der Waals surface area contributed by atoms with Gasteiger partial charge in [0.2, 0.25) is 0 Å². The number of quaternary nitrogens is 1. The highest BCUT2D eigenvalue weighted by molar-refractivity contribution is 5.79. The van der Waals surface area contributed by atoms with Crippen LogP contribution in [0.3, 0.4) is 0 Å². The zero-order valence-electron chi connectivity index (χ0n) is 15.2. The van der Waals surface area contributed by atoms with E-state index in [-0.39, 0.29) is 17.4 Å². The molecule has 0 aliphatic heterocycles. The van der Waals surface area contributed by atoms with E-state index in [0.29, 0.717) is 18.5 Å². The van der Waals surface area contributed by atoms with Crippen molar-refractivity contribution in [2.45, 2.75) is 66.0 Å². The summed E-state index contributed by atoms with van der Waals surface area (Å²) in [4.78, 5) is 12.0. The van der Waals surface area contributed by atoms with Crippen molar-refractivity contribution in [2.75, 3.05) is 6.54 Å². The molecule has 0 spiro atoms. The summed E-state index contributed by atoms with van der Waals surface area (Å²) in [5.41, 5.74) is 2.80. The van der Waals surface area contributed by atoms with Gasteiger partial charge >= 0.3 is 0 Å². The molecular weight excluding hydrogens is 272 g/mol. The number of rotatable bonds is 6. The van der Waals surface area contributed by atoms with Crippen molar-refractivity contribution < 1.29 is 10.1 Å². The highest BCUT2D eigenvalue weighted by Crippen LogP contribution is 2.25. The summed E-state index contributed by atoms with van der Waals surface area (Å²) in [5.74, 6) is 0.580. The first-order valence-electron chi connectivity index (χ1n) is 8.40. The second-order valence-corrected chi connectivity index (χ2v) is 7.52. The lowest BCUT2D eigenvalue weighted by Gasteiger charge is -2.24. The summed E-state index contributed by atoms with van der Waals surface area (Å²) >= 11 is 0. The van der Waals surface area contributed by atoms with Crippen molar-refractivity contribution in [1.82, 2.24) is 5.32 Å². The lowest BCUT2D eigenvalue weighted by molar-refractivity contribution is -0.719. The molecule has 0 radical (unpaired) electrons. The summed E-state index contributed by atoms with van der Waals surface area (Å²) in [6.45, 7) is 15.7. The molecule has 0 fully saturated rings. The number of amides is 1. The Morgan fingerprint density at radius 2 is 1.68 bits per heavy atom. The third-order valence-electron chi connectivity index (χ3n) is 4.14. The molecule has 22 heavy (non-hydrogen) atoms. The molecule has 1 aromatic carbocycles. The van der Waals surface area contributed by atoms with E-state index in [4.69, 9.17) is 0 Å². The Kier molecular flexibility index (Phi) is 6.61. The molecule has 0 saturated carbocycles. The molecule has 124 valence electrons. The van der Waals surface area contributed by atoms with Crippen LogP contribution in [0.2, 0.25) is 0 Å². The van der Waals surface area contributed by atoms with Gasteiger partial charge < -0.3 is 10.6 Å². The Morgan fingerprint density at radius 1 is 1.14 bits per heavy atom. The van der Waals surface area contributed by atoms with Crippen LogP contribution >= 0.6 is 0 Å². The number of hydrogen-bond acceptors (Lipinski definition) is 1. The topological polar surface area (TPSA) is 45.7 Å². The lowest BCUT2D eigenvalue weighted by atomic mass is 9.85. The van der Waals surface area contributed by atoms with Crippen LogP contribution in [0.4, 0.5) is 0 Å². The zero-order valence-corrected chi connectivity index (χ0v) is 15.2. The second-order valence-electron chi connectivity index (χ2n) is 7.52. The Bertz CT molecular complexity index is 471. The summed E-state index contributed by atoms with van der Waals surface area (Å²) in [6, 6.07) is 9.09. The van der Waals surface area contributed by atoms with Gasteiger partial charge in [0.15, 0.2) is 6.04 Å². The van der Waals surface area contributed by atoms with Gasteiger partial charge in [-0.05, 0) is 24.8 Å². The normalized spacial score (nSPS) is 14.7. The summed E-state index contributed by atoms with van der Waals surface area (Å²) < 4.78 is 0. The van der Waals surface area contributed by atoms with Crippen molar-refractivity contribution in [2.24, 2.45) is 5.92 Å². The predicted molar refractivity (Wildman–Crippen MR) is 92.8 cm³/mol. The molecule has 0 heterocycles. The van der Waals surface area contributed by atoms with Gasteiger partial charge in [-0.15, -0.1) is 0 Å². The van der Waals surface area contributed by atoms with Crippen LogP contribution in [0.5, 0.6) is 0 Å². The standard InChI is InChI=1S/C19H32N2O/c1-8-20-18(22)14(4)21-17(13(2)3)15-9-11-16(12-10-15)19(5,6)7/h9-14,17,21H,8H2,1-7H3,(H,20,22)/p+1/t14-,17+/m1/s1. The number of carbonyl (C=O) groups is 1. The van der Waals surface area contributed by atoms with Crippen LogP contribution in [-0.2, 0) is 10.2 Å². The molecule has 3 N–H and O–H groups in total. The quantitative estimate of drug-likeness (QED) is 0.834. The molecule has 3 heteroatoms. The summed E-state index contributed by atoms with van der Waals surface area (Å²) in [7, 11) is 0. The van der Waals surface area contributed by atoms with E-state index in [9.17, 15) is 4.79 Å². The number of benzene rings is 1. The van der Waals surface area contributed by atoms with Gasteiger partial charge in [-0.2, -0.15) is 0 Å². The van der Waals surface area contributed by atoms with Gasteiger partial charge in [0.25, 0.3) is 5.91 Å². The monoisotopic (exact) mass is 305 g/mol. The van der Waals surface area contributed by atoms with Gasteiger partial charge in [-0.25, -0.2) is 0 Å². The maximum Gasteiger partial charge on any atom is 0.277 e. The molecule has 0 saturated heterocycles. The first-order chi connectivity index (χ1) is 10.2. The van der Waals surface area contributed by atoms with E-state index >= 15 is 0 Å². The van der Waals surface area contributed by atoms with Crippen LogP contribution in [0.15, 0.2) is 24.3 Å². The van der Waals surface area contributed by atoms with Crippen molar-refractivity contribution in [1.29, 1.82) is 0 Å². The molecule has 0 aliphatic rings. The van der Waals surface area contributed by atoms with Crippen LogP contribution in [0.1, 0.15) is 65.6 Å². The number of carbonyl (C=O) groups excluding carboxylic acids is 1. The van der Waals surface area contributed by atoms with Crippen LogP contribution in [0.25, 0.3) is 0 Å². The largest absolute Gasteiger partial charge is 0.351 e. The molecule has 0 aromatic heterocycles. The van der Waals surface area contributed by atoms with E-state index < -0.39 is 0 Å². The number of nitrogens with one attached hydrogen (secondary N) is 1. The van der Waals surface area contributed by atoms with E-state index in [0.717, 1.165) is 0 Å². The molecule has 2 atom stereocenters. The van der Waals surface area contributed by atoms with Gasteiger partial charge in [0, 0.05) is 18.0 Å². The molecule has 1 amide bonds. The van der Waals surface area contributed by atoms with Gasteiger partial charge in [-0.3, -0.25) is 4.79 Å². The van der Waals surface area contributed by atoms with Crippen molar-refractivity contribution in [3.05, 3.63) is 35.4 Å². The fourth-order valence-electron chi connectivity index (χ4n) is 2.66. The van der Waals surface area contributed by atoms with Gasteiger partial charge in [0.05, 0.1) is 0 Å². The molecule has 0 bridgehead atoms. The van der Waals surface area contributed by atoms with Gasteiger partial charge in [-0.1, -0.05) is 58.9 Å². The third kappa shape index (κ3) is 5.13. The van der Waals surface area contributed by atoms with Crippen molar-refractivity contribution in [3.63, 3.8) is 0 Å². The second kappa shape index (κ2) is 7.77. The average molecular weight is 305 g/mol. The fourth-order valence-corrected chi connectivity index (χ4v) is 2.66. The highest BCUT2D eigenvalue weighted by Gasteiger charge is 2.26. The van der Waals surface area contributed by atoms with E-state index in [1.54, 1.807) is 0 Å². The molecule has 0 unspecified atom stereocenters. The molecular formula is C19H33N2O+. The molecule has 1 rings (SSSR count). The fraction of sp³-hybridized carbons (Fsp3) is 0.632. The van der Waals surface area contributed by atoms with E-state index in [2.05, 4.69) is 69.5 Å². The SMILES string of the molecule is CCNC(=O)[C@@H](C)[NH2+][C@H](c1ccc(C(C)(C)C)cc1)C(C)C. The Balaban J connectivity index is 2.90. The minimum absolute atomic E-state index is 0.0744. The third-order valence-corrected chi connectivity index (χ3v) is 4.14. The van der Waals surface area contributed by atoms with Crippen LogP contribution < -0.4 is 10.6 Å². The maximum atomic E-state index is 12.0. The predicted octanol–water partition coefficient (Wildman–Crippen LogP) is 2.77. The maximum absolute atomic E-state index is 12.0. The summed E-state index contributed by atoms with van der Waals surface area (Å²) in [6.07, 6.45) is 0. The first-order valence-corrected chi connectivity index (χ1v) is 8.40. The van der Waals surface area contributed by atoms with Crippen molar-refractivity contribution in [3.8, 4) is 0 Å². The lowest BCUT2D eigenvalue weighted by Crippen LogP contribution is -2.93. The molecule has 0 aliphatic carbocycles. The summed E-state index contributed by atoms with van der Waals surface area (Å²) in [5, 5.41) is 5.08. The zero-order chi connectivity index (χ0) is 16.9. The minimum Gasteiger partial charge on any atom is -0.351 e. The molecule has 3 nitrogen and oxygen atoms in total. The highest BCUT2D eigenvalue weighted by atomic mass is 16.2. The number of hydrogen-bond donors (Lipinski definition) is 2. The Labute approximate surface area is 135 Å². The van der Waals surface area contributed by atoms with Crippen LogP contribution in [0, 0.1) is 5.92 Å². The molecule has 1 aromatic rings. The minimum atomic E-state index is -0.0744. The number of nitrogens with two attached hydrogens (primary N) is 1.